The topological polar surface area (TPSA) is 34.1 Å². The molecule has 0 heterocycles. The fourth-order valence-electron chi connectivity index (χ4n) is 1.76. The predicted octanol–water partition coefficient (Wildman–Crippen LogP) is 3.78. The molecule has 1 saturated carbocycles. The Bertz CT molecular complexity index is 197. The van der Waals surface area contributed by atoms with Gasteiger partial charge in [-0.05, 0) is 24.7 Å². The van der Waals surface area contributed by atoms with Crippen molar-refractivity contribution in [1.29, 1.82) is 0 Å². The average molecular weight is 226 g/mol. The summed E-state index contributed by atoms with van der Waals surface area (Å²) in [6.07, 6.45) is 5.47. The molecule has 94 valence electrons. The third-order valence-electron chi connectivity index (χ3n) is 2.43. The van der Waals surface area contributed by atoms with Crippen LogP contribution in [-0.4, -0.2) is 11.6 Å². The first-order valence-electron chi connectivity index (χ1n) is 6.45. The first-order chi connectivity index (χ1) is 7.41. The van der Waals surface area contributed by atoms with E-state index in [2.05, 4.69) is 27.7 Å². The number of carbonyl (C=O) groups is 2. The predicted molar refractivity (Wildman–Crippen MR) is 67.4 cm³/mol. The van der Waals surface area contributed by atoms with Crippen molar-refractivity contribution in [3.63, 3.8) is 0 Å². The molecule has 0 radical (unpaired) electrons. The van der Waals surface area contributed by atoms with Crippen LogP contribution >= 0.6 is 0 Å². The molecule has 0 aromatic carbocycles. The Kier molecular flexibility index (Phi) is 8.14. The first-order valence-corrected chi connectivity index (χ1v) is 6.45. The van der Waals surface area contributed by atoms with E-state index in [0.29, 0.717) is 23.4 Å². The van der Waals surface area contributed by atoms with Crippen molar-refractivity contribution >= 4 is 11.6 Å². The van der Waals surface area contributed by atoms with E-state index in [0.717, 1.165) is 38.5 Å². The summed E-state index contributed by atoms with van der Waals surface area (Å²) in [5.41, 5.74) is 0. The molecule has 0 amide bonds. The van der Waals surface area contributed by atoms with E-state index in [1.807, 2.05) is 0 Å². The Balaban J connectivity index is 0.000000315. The summed E-state index contributed by atoms with van der Waals surface area (Å²) in [6, 6.07) is 0. The number of rotatable bonds is 4. The van der Waals surface area contributed by atoms with Crippen LogP contribution in [0, 0.1) is 11.8 Å². The average Bonchev–Trinajstić information content (AvgIpc) is 2.53. The zero-order valence-electron chi connectivity index (χ0n) is 11.2. The van der Waals surface area contributed by atoms with Crippen LogP contribution in [0.3, 0.4) is 0 Å². The molecule has 0 bridgehead atoms. The van der Waals surface area contributed by atoms with E-state index in [9.17, 15) is 9.59 Å². The van der Waals surface area contributed by atoms with Crippen LogP contribution in [0.25, 0.3) is 0 Å². The molecular formula is C14H26O2. The largest absolute Gasteiger partial charge is 0.300 e. The lowest BCUT2D eigenvalue weighted by Crippen LogP contribution is -2.05. The second kappa shape index (κ2) is 8.49. The van der Waals surface area contributed by atoms with Gasteiger partial charge in [-0.1, -0.05) is 27.7 Å². The molecule has 0 N–H and O–H groups in total. The van der Waals surface area contributed by atoms with Gasteiger partial charge < -0.3 is 0 Å². The van der Waals surface area contributed by atoms with Crippen LogP contribution in [0.15, 0.2) is 0 Å². The lowest BCUT2D eigenvalue weighted by atomic mass is 10.00. The summed E-state index contributed by atoms with van der Waals surface area (Å²) >= 11 is 0. The zero-order valence-corrected chi connectivity index (χ0v) is 11.2. The van der Waals surface area contributed by atoms with Crippen LogP contribution in [0.2, 0.25) is 0 Å². The Labute approximate surface area is 99.8 Å². The van der Waals surface area contributed by atoms with Crippen LogP contribution in [0.1, 0.15) is 66.2 Å². The molecule has 1 aliphatic rings. The minimum atomic E-state index is 0.407. The van der Waals surface area contributed by atoms with Gasteiger partial charge in [0.2, 0.25) is 0 Å². The minimum Gasteiger partial charge on any atom is -0.300 e. The quantitative estimate of drug-likeness (QED) is 0.731. The number of hydrogen-bond donors (Lipinski definition) is 0. The van der Waals surface area contributed by atoms with Crippen molar-refractivity contribution in [3.05, 3.63) is 0 Å². The molecular weight excluding hydrogens is 200 g/mol. The van der Waals surface area contributed by atoms with Gasteiger partial charge in [-0.25, -0.2) is 0 Å². The normalized spacial score (nSPS) is 15.2. The highest BCUT2D eigenvalue weighted by Gasteiger charge is 2.07. The van der Waals surface area contributed by atoms with Crippen LogP contribution < -0.4 is 0 Å². The third-order valence-corrected chi connectivity index (χ3v) is 2.43. The molecule has 16 heavy (non-hydrogen) atoms. The van der Waals surface area contributed by atoms with E-state index in [-0.39, 0.29) is 0 Å². The maximum absolute atomic E-state index is 11.1. The summed E-state index contributed by atoms with van der Waals surface area (Å²) in [5, 5.41) is 0. The summed E-state index contributed by atoms with van der Waals surface area (Å²) < 4.78 is 0. The summed E-state index contributed by atoms with van der Waals surface area (Å²) in [4.78, 5) is 21.3. The molecule has 0 spiro atoms. The molecule has 1 fully saturated rings. The number of carbonyl (C=O) groups excluding carboxylic acids is 2. The van der Waals surface area contributed by atoms with E-state index >= 15 is 0 Å². The number of ketones is 2. The van der Waals surface area contributed by atoms with E-state index in [1.165, 1.54) is 0 Å². The molecule has 2 nitrogen and oxygen atoms in total. The Hall–Kier alpha value is -0.660. The molecule has 0 aliphatic heterocycles. The summed E-state index contributed by atoms with van der Waals surface area (Å²) in [6.45, 7) is 8.33. The lowest BCUT2D eigenvalue weighted by molar-refractivity contribution is -0.120. The fourth-order valence-corrected chi connectivity index (χ4v) is 1.76. The number of hydrogen-bond acceptors (Lipinski definition) is 2. The molecule has 1 rings (SSSR count). The van der Waals surface area contributed by atoms with Crippen LogP contribution in [-0.2, 0) is 9.59 Å². The van der Waals surface area contributed by atoms with Gasteiger partial charge in [0, 0.05) is 25.7 Å². The van der Waals surface area contributed by atoms with E-state index in [1.54, 1.807) is 0 Å². The van der Waals surface area contributed by atoms with Gasteiger partial charge in [0.1, 0.15) is 11.6 Å². The summed E-state index contributed by atoms with van der Waals surface area (Å²) in [7, 11) is 0. The highest BCUT2D eigenvalue weighted by molar-refractivity contribution is 5.80. The molecule has 1 aliphatic carbocycles. The van der Waals surface area contributed by atoms with Gasteiger partial charge in [0.05, 0.1) is 0 Å². The molecule has 0 saturated heterocycles. The van der Waals surface area contributed by atoms with Crippen molar-refractivity contribution in [2.45, 2.75) is 66.2 Å². The molecule has 0 atom stereocenters. The van der Waals surface area contributed by atoms with E-state index in [4.69, 9.17) is 0 Å². The SMILES string of the molecule is CC(C)CC(=O)CC(C)C.O=C1CCCC1. The van der Waals surface area contributed by atoms with E-state index < -0.39 is 0 Å². The molecule has 0 aromatic heterocycles. The van der Waals surface area contributed by atoms with Gasteiger partial charge in [0.15, 0.2) is 0 Å². The van der Waals surface area contributed by atoms with Gasteiger partial charge in [-0.15, -0.1) is 0 Å². The zero-order chi connectivity index (χ0) is 12.6. The monoisotopic (exact) mass is 226 g/mol. The van der Waals surface area contributed by atoms with Crippen molar-refractivity contribution in [2.75, 3.05) is 0 Å². The maximum Gasteiger partial charge on any atom is 0.133 e. The Morgan fingerprint density at radius 2 is 1.38 bits per heavy atom. The third kappa shape index (κ3) is 9.88. The van der Waals surface area contributed by atoms with Crippen molar-refractivity contribution in [2.24, 2.45) is 11.8 Å². The van der Waals surface area contributed by atoms with Gasteiger partial charge in [-0.3, -0.25) is 9.59 Å². The highest BCUT2D eigenvalue weighted by atomic mass is 16.1. The van der Waals surface area contributed by atoms with Gasteiger partial charge in [-0.2, -0.15) is 0 Å². The Morgan fingerprint density at radius 3 is 1.56 bits per heavy atom. The molecule has 2 heteroatoms. The Morgan fingerprint density at radius 1 is 1.00 bits per heavy atom. The van der Waals surface area contributed by atoms with Gasteiger partial charge in [0.25, 0.3) is 0 Å². The summed E-state index contributed by atoms with van der Waals surface area (Å²) in [5.74, 6) is 1.90. The highest BCUT2D eigenvalue weighted by Crippen LogP contribution is 2.11. The van der Waals surface area contributed by atoms with Gasteiger partial charge >= 0.3 is 0 Å². The smallest absolute Gasteiger partial charge is 0.133 e. The fraction of sp³-hybridized carbons (Fsp3) is 0.857. The number of Topliss-reactive ketones (excluding diaryl/α,β-unsaturated/α-hetero) is 2. The first kappa shape index (κ1) is 15.3. The van der Waals surface area contributed by atoms with Crippen molar-refractivity contribution in [3.8, 4) is 0 Å². The van der Waals surface area contributed by atoms with Crippen molar-refractivity contribution in [1.82, 2.24) is 0 Å². The molecule has 0 unspecified atom stereocenters. The standard InChI is InChI=1S/C9H18O.C5H8O/c1-7(2)5-9(10)6-8(3)4;6-5-3-1-2-4-5/h7-8H,5-6H2,1-4H3;1-4H2. The molecule has 0 aromatic rings. The second-order valence-corrected chi connectivity index (χ2v) is 5.48. The maximum atomic E-state index is 11.1. The van der Waals surface area contributed by atoms with Crippen LogP contribution in [0.5, 0.6) is 0 Å². The van der Waals surface area contributed by atoms with Crippen molar-refractivity contribution < 1.29 is 9.59 Å². The van der Waals surface area contributed by atoms with Crippen LogP contribution in [0.4, 0.5) is 0 Å². The minimum absolute atomic E-state index is 0.407. The lowest BCUT2D eigenvalue weighted by Gasteiger charge is -2.05. The second-order valence-electron chi connectivity index (χ2n) is 5.48.